The van der Waals surface area contributed by atoms with E-state index < -0.39 is 17.6 Å². The van der Waals surface area contributed by atoms with Crippen LogP contribution in [0.5, 0.6) is 0 Å². The average Bonchev–Trinajstić information content (AvgIpc) is 2.42. The van der Waals surface area contributed by atoms with Crippen LogP contribution in [0.4, 0.5) is 24.5 Å². The second kappa shape index (κ2) is 5.65. The summed E-state index contributed by atoms with van der Waals surface area (Å²) < 4.78 is 37.8. The van der Waals surface area contributed by atoms with Crippen molar-refractivity contribution in [2.24, 2.45) is 0 Å². The lowest BCUT2D eigenvalue weighted by atomic mass is 10.1. The molecule has 0 unspecified atom stereocenters. The minimum absolute atomic E-state index is 0.122. The number of hydrogen-bond donors (Lipinski definition) is 2. The molecular formula is C14H10ClF3N2O. The molecule has 0 saturated carbocycles. The normalized spacial score (nSPS) is 11.2. The van der Waals surface area contributed by atoms with Gasteiger partial charge in [0.1, 0.15) is 0 Å². The third-order valence-corrected chi connectivity index (χ3v) is 3.02. The maximum absolute atomic E-state index is 12.6. The van der Waals surface area contributed by atoms with E-state index in [9.17, 15) is 18.0 Å². The average molecular weight is 315 g/mol. The van der Waals surface area contributed by atoms with Gasteiger partial charge < -0.3 is 11.1 Å². The first-order valence-corrected chi connectivity index (χ1v) is 6.19. The number of alkyl halides is 3. The first-order valence-electron chi connectivity index (χ1n) is 5.81. The number of carbonyl (C=O) groups excluding carboxylic acids is 1. The quantitative estimate of drug-likeness (QED) is 0.816. The second-order valence-electron chi connectivity index (χ2n) is 4.27. The standard InChI is InChI=1S/C14H10ClF3N2O/c15-11-5-4-10(19)7-12(11)20-13(21)8-2-1-3-9(6-8)14(16,17)18/h1-7H,19H2,(H,20,21). The van der Waals surface area contributed by atoms with Crippen molar-refractivity contribution in [3.63, 3.8) is 0 Å². The van der Waals surface area contributed by atoms with Crippen LogP contribution in [0.25, 0.3) is 0 Å². The summed E-state index contributed by atoms with van der Waals surface area (Å²) in [5, 5.41) is 2.67. The zero-order chi connectivity index (χ0) is 15.6. The van der Waals surface area contributed by atoms with E-state index in [1.54, 1.807) is 6.07 Å². The number of carbonyl (C=O) groups is 1. The van der Waals surface area contributed by atoms with Crippen LogP contribution in [-0.4, -0.2) is 5.91 Å². The van der Waals surface area contributed by atoms with Crippen molar-refractivity contribution >= 4 is 28.9 Å². The number of rotatable bonds is 2. The van der Waals surface area contributed by atoms with Crippen molar-refractivity contribution in [3.05, 3.63) is 58.6 Å². The first-order chi connectivity index (χ1) is 9.77. The molecule has 0 spiro atoms. The highest BCUT2D eigenvalue weighted by Gasteiger charge is 2.30. The Morgan fingerprint density at radius 1 is 1.14 bits per heavy atom. The smallest absolute Gasteiger partial charge is 0.399 e. The van der Waals surface area contributed by atoms with Crippen LogP contribution < -0.4 is 11.1 Å². The van der Waals surface area contributed by atoms with Crippen molar-refractivity contribution in [1.29, 1.82) is 0 Å². The zero-order valence-corrected chi connectivity index (χ0v) is 11.3. The number of anilines is 2. The van der Waals surface area contributed by atoms with E-state index in [1.807, 2.05) is 0 Å². The molecule has 1 amide bonds. The lowest BCUT2D eigenvalue weighted by Crippen LogP contribution is -2.14. The van der Waals surface area contributed by atoms with Crippen LogP contribution in [0.3, 0.4) is 0 Å². The van der Waals surface area contributed by atoms with Crippen LogP contribution in [0.2, 0.25) is 5.02 Å². The van der Waals surface area contributed by atoms with E-state index >= 15 is 0 Å². The van der Waals surface area contributed by atoms with E-state index in [2.05, 4.69) is 5.32 Å². The fourth-order valence-corrected chi connectivity index (χ4v) is 1.83. The van der Waals surface area contributed by atoms with E-state index in [0.29, 0.717) is 5.69 Å². The first kappa shape index (κ1) is 15.2. The third kappa shape index (κ3) is 3.66. The molecule has 0 aliphatic rings. The predicted octanol–water partition coefficient (Wildman–Crippen LogP) is 4.19. The monoisotopic (exact) mass is 314 g/mol. The van der Waals surface area contributed by atoms with Crippen molar-refractivity contribution in [3.8, 4) is 0 Å². The molecule has 21 heavy (non-hydrogen) atoms. The maximum Gasteiger partial charge on any atom is 0.416 e. The number of nitrogens with two attached hydrogens (primary N) is 1. The van der Waals surface area contributed by atoms with Crippen LogP contribution in [-0.2, 0) is 6.18 Å². The molecule has 0 bridgehead atoms. The molecule has 0 aliphatic heterocycles. The summed E-state index contributed by atoms with van der Waals surface area (Å²) in [6.45, 7) is 0. The highest BCUT2D eigenvalue weighted by Crippen LogP contribution is 2.30. The van der Waals surface area contributed by atoms with Gasteiger partial charge in [-0.15, -0.1) is 0 Å². The SMILES string of the molecule is Nc1ccc(Cl)c(NC(=O)c2cccc(C(F)(F)F)c2)c1. The van der Waals surface area contributed by atoms with Gasteiger partial charge >= 0.3 is 6.18 Å². The largest absolute Gasteiger partial charge is 0.416 e. The van der Waals surface area contributed by atoms with Crippen LogP contribution in [0.1, 0.15) is 15.9 Å². The van der Waals surface area contributed by atoms with Gasteiger partial charge in [0.25, 0.3) is 5.91 Å². The van der Waals surface area contributed by atoms with Gasteiger partial charge in [0.15, 0.2) is 0 Å². The summed E-state index contributed by atoms with van der Waals surface area (Å²) in [6, 6.07) is 8.57. The van der Waals surface area contributed by atoms with Crippen LogP contribution in [0, 0.1) is 0 Å². The summed E-state index contributed by atoms with van der Waals surface area (Å²) in [7, 11) is 0. The Hall–Kier alpha value is -2.21. The molecule has 0 saturated heterocycles. The lowest BCUT2D eigenvalue weighted by molar-refractivity contribution is -0.137. The molecule has 3 nitrogen and oxygen atoms in total. The van der Waals surface area contributed by atoms with Gasteiger partial charge in [-0.25, -0.2) is 0 Å². The maximum atomic E-state index is 12.6. The Bertz CT molecular complexity index is 686. The van der Waals surface area contributed by atoms with Crippen molar-refractivity contribution in [2.75, 3.05) is 11.1 Å². The fourth-order valence-electron chi connectivity index (χ4n) is 1.67. The Balaban J connectivity index is 2.27. The van der Waals surface area contributed by atoms with Crippen molar-refractivity contribution in [2.45, 2.75) is 6.18 Å². The number of nitrogens with one attached hydrogen (secondary N) is 1. The van der Waals surface area contributed by atoms with Gasteiger partial charge in [-0.2, -0.15) is 13.2 Å². The molecule has 3 N–H and O–H groups in total. The summed E-state index contributed by atoms with van der Waals surface area (Å²) in [6.07, 6.45) is -4.51. The second-order valence-corrected chi connectivity index (χ2v) is 4.68. The molecule has 2 rings (SSSR count). The minimum atomic E-state index is -4.51. The number of halogens is 4. The Morgan fingerprint density at radius 2 is 1.86 bits per heavy atom. The van der Waals surface area contributed by atoms with Crippen molar-refractivity contribution in [1.82, 2.24) is 0 Å². The molecule has 110 valence electrons. The number of amides is 1. The highest BCUT2D eigenvalue weighted by molar-refractivity contribution is 6.34. The molecule has 7 heteroatoms. The Morgan fingerprint density at radius 3 is 2.52 bits per heavy atom. The molecule has 2 aromatic rings. The molecule has 0 radical (unpaired) electrons. The predicted molar refractivity (Wildman–Crippen MR) is 75.3 cm³/mol. The molecule has 0 fully saturated rings. The molecule has 2 aromatic carbocycles. The molecule has 0 heterocycles. The Kier molecular flexibility index (Phi) is 4.09. The summed E-state index contributed by atoms with van der Waals surface area (Å²) in [5.41, 5.74) is 5.16. The summed E-state index contributed by atoms with van der Waals surface area (Å²) in [5.74, 6) is -0.700. The van der Waals surface area contributed by atoms with Gasteiger partial charge in [-0.3, -0.25) is 4.79 Å². The van der Waals surface area contributed by atoms with Gasteiger partial charge in [0, 0.05) is 11.3 Å². The number of hydrogen-bond acceptors (Lipinski definition) is 2. The summed E-state index contributed by atoms with van der Waals surface area (Å²) in [4.78, 5) is 12.0. The molecule has 0 aromatic heterocycles. The minimum Gasteiger partial charge on any atom is -0.399 e. The van der Waals surface area contributed by atoms with E-state index in [4.69, 9.17) is 17.3 Å². The number of nitrogen functional groups attached to an aromatic ring is 1. The third-order valence-electron chi connectivity index (χ3n) is 2.69. The number of benzene rings is 2. The summed E-state index contributed by atoms with van der Waals surface area (Å²) >= 11 is 5.88. The van der Waals surface area contributed by atoms with Crippen molar-refractivity contribution < 1.29 is 18.0 Å². The zero-order valence-electron chi connectivity index (χ0n) is 10.5. The van der Waals surface area contributed by atoms with Gasteiger partial charge in [-0.05, 0) is 36.4 Å². The van der Waals surface area contributed by atoms with E-state index in [0.717, 1.165) is 12.1 Å². The highest BCUT2D eigenvalue weighted by atomic mass is 35.5. The van der Waals surface area contributed by atoms with Crippen LogP contribution >= 0.6 is 11.6 Å². The fraction of sp³-hybridized carbons (Fsp3) is 0.0714. The molecule has 0 aliphatic carbocycles. The van der Waals surface area contributed by atoms with E-state index in [-0.39, 0.29) is 16.3 Å². The van der Waals surface area contributed by atoms with Gasteiger partial charge in [0.2, 0.25) is 0 Å². The molecule has 0 atom stereocenters. The lowest BCUT2D eigenvalue weighted by Gasteiger charge is -2.10. The molecular weight excluding hydrogens is 305 g/mol. The Labute approximate surface area is 123 Å². The topological polar surface area (TPSA) is 55.1 Å². The van der Waals surface area contributed by atoms with E-state index in [1.165, 1.54) is 24.3 Å². The van der Waals surface area contributed by atoms with Gasteiger partial charge in [-0.1, -0.05) is 17.7 Å². The van der Waals surface area contributed by atoms with Crippen LogP contribution in [0.15, 0.2) is 42.5 Å². The van der Waals surface area contributed by atoms with Gasteiger partial charge in [0.05, 0.1) is 16.3 Å².